The second kappa shape index (κ2) is 10.2. The number of amides is 1. The van der Waals surface area contributed by atoms with Crippen LogP contribution in [-0.4, -0.2) is 75.8 Å². The highest BCUT2D eigenvalue weighted by Gasteiger charge is 2.20. The van der Waals surface area contributed by atoms with Crippen LogP contribution >= 0.6 is 0 Å². The average Bonchev–Trinajstić information content (AvgIpc) is 3.20. The summed E-state index contributed by atoms with van der Waals surface area (Å²) in [5, 5.41) is 4.39. The first-order valence-electron chi connectivity index (χ1n) is 10.5. The lowest BCUT2D eigenvalue weighted by molar-refractivity contribution is 0.0779. The molecule has 0 radical (unpaired) electrons. The van der Waals surface area contributed by atoms with E-state index in [2.05, 4.69) is 33.8 Å². The molecule has 0 fully saturated rings. The number of hydrogen-bond acceptors (Lipinski definition) is 6. The Kier molecular flexibility index (Phi) is 7.36. The quantitative estimate of drug-likeness (QED) is 0.528. The van der Waals surface area contributed by atoms with Gasteiger partial charge in [-0.05, 0) is 38.2 Å². The Bertz CT molecular complexity index is 1030. The topological polar surface area (TPSA) is 76.4 Å². The van der Waals surface area contributed by atoms with Crippen LogP contribution in [0.5, 0.6) is 5.75 Å². The van der Waals surface area contributed by atoms with Gasteiger partial charge >= 0.3 is 0 Å². The van der Waals surface area contributed by atoms with Crippen molar-refractivity contribution in [2.45, 2.75) is 20.8 Å². The van der Waals surface area contributed by atoms with Crippen molar-refractivity contribution in [2.24, 2.45) is 0 Å². The molecule has 0 aliphatic heterocycles. The van der Waals surface area contributed by atoms with E-state index in [4.69, 9.17) is 4.74 Å². The number of hydrogen-bond donors (Lipinski definition) is 0. The molecule has 0 saturated heterocycles. The fraction of sp³-hybridized carbons (Fsp3) is 0.391. The summed E-state index contributed by atoms with van der Waals surface area (Å²) in [5.74, 6) is 1.12. The molecule has 2 heterocycles. The summed E-state index contributed by atoms with van der Waals surface area (Å²) in [6.07, 6.45) is 3.28. The monoisotopic (exact) mass is 422 g/mol. The van der Waals surface area contributed by atoms with Crippen LogP contribution in [0.15, 0.2) is 42.7 Å². The zero-order valence-electron chi connectivity index (χ0n) is 18.9. The summed E-state index contributed by atoms with van der Waals surface area (Å²) < 4.78 is 6.91. The Morgan fingerprint density at radius 3 is 2.65 bits per heavy atom. The summed E-state index contributed by atoms with van der Waals surface area (Å²) in [4.78, 5) is 26.0. The van der Waals surface area contributed by atoms with Gasteiger partial charge in [-0.1, -0.05) is 26.0 Å². The van der Waals surface area contributed by atoms with E-state index in [9.17, 15) is 4.79 Å². The molecule has 0 unspecified atom stereocenters. The van der Waals surface area contributed by atoms with E-state index in [1.54, 1.807) is 29.1 Å². The first-order valence-corrected chi connectivity index (χ1v) is 10.5. The minimum Gasteiger partial charge on any atom is -0.497 e. The molecule has 31 heavy (non-hydrogen) atoms. The van der Waals surface area contributed by atoms with Crippen molar-refractivity contribution in [1.82, 2.24) is 29.5 Å². The largest absolute Gasteiger partial charge is 0.497 e. The van der Waals surface area contributed by atoms with Crippen LogP contribution in [0.3, 0.4) is 0 Å². The van der Waals surface area contributed by atoms with Crippen LogP contribution in [0.4, 0.5) is 0 Å². The van der Waals surface area contributed by atoms with Crippen molar-refractivity contribution in [3.8, 4) is 23.0 Å². The van der Waals surface area contributed by atoms with Gasteiger partial charge < -0.3 is 14.5 Å². The molecule has 3 rings (SSSR count). The zero-order valence-corrected chi connectivity index (χ0v) is 18.9. The highest BCUT2D eigenvalue weighted by Crippen LogP contribution is 2.23. The highest BCUT2D eigenvalue weighted by molar-refractivity contribution is 5.95. The summed E-state index contributed by atoms with van der Waals surface area (Å²) in [6, 6.07) is 9.52. The molecule has 0 aliphatic rings. The summed E-state index contributed by atoms with van der Waals surface area (Å²) >= 11 is 0. The van der Waals surface area contributed by atoms with Crippen molar-refractivity contribution in [3.63, 3.8) is 0 Å². The fourth-order valence-corrected chi connectivity index (χ4v) is 3.35. The normalized spacial score (nSPS) is 11.0. The van der Waals surface area contributed by atoms with Gasteiger partial charge in [-0.25, -0.2) is 14.6 Å². The summed E-state index contributed by atoms with van der Waals surface area (Å²) in [6.45, 7) is 9.55. The molecule has 1 aromatic carbocycles. The van der Waals surface area contributed by atoms with Gasteiger partial charge in [0.2, 0.25) is 0 Å². The molecular weight excluding hydrogens is 392 g/mol. The molecule has 2 aromatic heterocycles. The number of carbonyl (C=O) groups is 1. The maximum atomic E-state index is 13.0. The van der Waals surface area contributed by atoms with E-state index < -0.39 is 0 Å². The molecule has 0 saturated carbocycles. The third-order valence-electron chi connectivity index (χ3n) is 5.43. The van der Waals surface area contributed by atoms with Gasteiger partial charge in [0.05, 0.1) is 30.3 Å². The molecule has 8 nitrogen and oxygen atoms in total. The van der Waals surface area contributed by atoms with Gasteiger partial charge in [0.1, 0.15) is 5.75 Å². The second-order valence-electron chi connectivity index (χ2n) is 7.28. The standard InChI is InChI=1S/C23H30N6O2/c1-6-28(7-2)14-13-27(4)22(30)20-16-25-29(17(20)3)23-24-12-11-21(26-23)18-9-8-10-19(15-18)31-5/h8-12,15-16H,6-7,13-14H2,1-5H3. The van der Waals surface area contributed by atoms with Crippen LogP contribution in [-0.2, 0) is 0 Å². The number of likely N-dealkylation sites (N-methyl/N-ethyl adjacent to an activating group) is 2. The Morgan fingerprint density at radius 2 is 1.94 bits per heavy atom. The molecule has 0 N–H and O–H groups in total. The van der Waals surface area contributed by atoms with Gasteiger partial charge in [0, 0.05) is 31.9 Å². The smallest absolute Gasteiger partial charge is 0.257 e. The zero-order chi connectivity index (χ0) is 22.4. The number of benzene rings is 1. The van der Waals surface area contributed by atoms with E-state index in [0.29, 0.717) is 23.8 Å². The minimum atomic E-state index is -0.0557. The molecule has 164 valence electrons. The van der Waals surface area contributed by atoms with Gasteiger partial charge in [0.15, 0.2) is 0 Å². The molecule has 0 bridgehead atoms. The van der Waals surface area contributed by atoms with Crippen LogP contribution in [0.2, 0.25) is 0 Å². The molecular formula is C23H30N6O2. The van der Waals surface area contributed by atoms with Gasteiger partial charge in [-0.3, -0.25) is 4.79 Å². The fourth-order valence-electron chi connectivity index (χ4n) is 3.35. The van der Waals surface area contributed by atoms with Crippen LogP contribution in [0, 0.1) is 6.92 Å². The number of rotatable bonds is 9. The summed E-state index contributed by atoms with van der Waals surface area (Å²) in [5.41, 5.74) is 2.93. The van der Waals surface area contributed by atoms with Gasteiger partial charge in [-0.15, -0.1) is 0 Å². The molecule has 0 spiro atoms. The summed E-state index contributed by atoms with van der Waals surface area (Å²) in [7, 11) is 3.46. The van der Waals surface area contributed by atoms with Crippen LogP contribution in [0.1, 0.15) is 29.9 Å². The second-order valence-corrected chi connectivity index (χ2v) is 7.28. The van der Waals surface area contributed by atoms with Crippen molar-refractivity contribution in [1.29, 1.82) is 0 Å². The van der Waals surface area contributed by atoms with Gasteiger partial charge in [0.25, 0.3) is 11.9 Å². The number of aromatic nitrogens is 4. The van der Waals surface area contributed by atoms with Crippen molar-refractivity contribution in [3.05, 3.63) is 54.0 Å². The Morgan fingerprint density at radius 1 is 1.16 bits per heavy atom. The number of nitrogens with zero attached hydrogens (tertiary/aromatic N) is 6. The van der Waals surface area contributed by atoms with Crippen LogP contribution < -0.4 is 4.74 Å². The SMILES string of the molecule is CCN(CC)CCN(C)C(=O)c1cnn(-c2nccc(-c3cccc(OC)c3)n2)c1C. The molecule has 8 heteroatoms. The van der Waals surface area contributed by atoms with Gasteiger partial charge in [-0.2, -0.15) is 5.10 Å². The number of carbonyl (C=O) groups excluding carboxylic acids is 1. The number of methoxy groups -OCH3 is 1. The van der Waals surface area contributed by atoms with E-state index in [-0.39, 0.29) is 5.91 Å². The molecule has 1 amide bonds. The highest BCUT2D eigenvalue weighted by atomic mass is 16.5. The Labute approximate surface area is 183 Å². The van der Waals surface area contributed by atoms with E-state index in [1.165, 1.54) is 0 Å². The predicted octanol–water partition coefficient (Wildman–Crippen LogP) is 3.06. The molecule has 3 aromatic rings. The number of ether oxygens (including phenoxy) is 1. The Balaban J connectivity index is 1.82. The lowest BCUT2D eigenvalue weighted by Gasteiger charge is -2.23. The average molecular weight is 423 g/mol. The maximum Gasteiger partial charge on any atom is 0.257 e. The lowest BCUT2D eigenvalue weighted by Crippen LogP contribution is -2.36. The molecule has 0 atom stereocenters. The third kappa shape index (κ3) is 5.08. The first kappa shape index (κ1) is 22.4. The van der Waals surface area contributed by atoms with Crippen molar-refractivity contribution >= 4 is 5.91 Å². The van der Waals surface area contributed by atoms with Crippen molar-refractivity contribution < 1.29 is 9.53 Å². The lowest BCUT2D eigenvalue weighted by atomic mass is 10.1. The third-order valence-corrected chi connectivity index (χ3v) is 5.43. The van der Waals surface area contributed by atoms with E-state index in [1.807, 2.05) is 44.3 Å². The first-order chi connectivity index (χ1) is 15.0. The van der Waals surface area contributed by atoms with E-state index in [0.717, 1.165) is 36.6 Å². The Hall–Kier alpha value is -3.26. The van der Waals surface area contributed by atoms with E-state index >= 15 is 0 Å². The molecule has 0 aliphatic carbocycles. The maximum absolute atomic E-state index is 13.0. The minimum absolute atomic E-state index is 0.0557. The van der Waals surface area contributed by atoms with Crippen LogP contribution in [0.25, 0.3) is 17.2 Å². The predicted molar refractivity (Wildman–Crippen MR) is 121 cm³/mol. The van der Waals surface area contributed by atoms with Crippen molar-refractivity contribution in [2.75, 3.05) is 40.3 Å².